The SMILES string of the molecule is CC.CCOC(=O)C1CCN(Cc2ccc3cc(O)ccc3c2)CC1. The van der Waals surface area contributed by atoms with Crippen molar-refractivity contribution in [1.82, 2.24) is 4.90 Å². The zero-order chi connectivity index (χ0) is 18.2. The van der Waals surface area contributed by atoms with Crippen LogP contribution in [-0.2, 0) is 16.1 Å². The number of carbonyl (C=O) groups is 1. The smallest absolute Gasteiger partial charge is 0.309 e. The molecule has 25 heavy (non-hydrogen) atoms. The Bertz CT molecular complexity index is 691. The number of nitrogens with zero attached hydrogens (tertiary/aromatic N) is 1. The maximum Gasteiger partial charge on any atom is 0.309 e. The number of carbonyl (C=O) groups excluding carboxylic acids is 1. The summed E-state index contributed by atoms with van der Waals surface area (Å²) < 4.78 is 5.11. The van der Waals surface area contributed by atoms with E-state index in [1.54, 1.807) is 12.1 Å². The molecule has 2 aromatic carbocycles. The Morgan fingerprint density at radius 2 is 1.76 bits per heavy atom. The van der Waals surface area contributed by atoms with Gasteiger partial charge in [0, 0.05) is 6.54 Å². The molecule has 1 heterocycles. The van der Waals surface area contributed by atoms with Crippen LogP contribution in [0.5, 0.6) is 5.75 Å². The lowest BCUT2D eigenvalue weighted by molar-refractivity contribution is -0.149. The summed E-state index contributed by atoms with van der Waals surface area (Å²) in [5, 5.41) is 11.7. The summed E-state index contributed by atoms with van der Waals surface area (Å²) in [6.45, 7) is 9.07. The zero-order valence-corrected chi connectivity index (χ0v) is 15.5. The fraction of sp³-hybridized carbons (Fsp3) is 0.476. The largest absolute Gasteiger partial charge is 0.508 e. The van der Waals surface area contributed by atoms with E-state index in [4.69, 9.17) is 4.74 Å². The molecule has 1 aliphatic rings. The molecule has 0 aromatic heterocycles. The van der Waals surface area contributed by atoms with Gasteiger partial charge in [-0.15, -0.1) is 0 Å². The van der Waals surface area contributed by atoms with Crippen LogP contribution in [0.1, 0.15) is 39.2 Å². The Morgan fingerprint density at radius 1 is 1.12 bits per heavy atom. The molecule has 0 bridgehead atoms. The van der Waals surface area contributed by atoms with Gasteiger partial charge in [-0.05, 0) is 67.4 Å². The monoisotopic (exact) mass is 343 g/mol. The lowest BCUT2D eigenvalue weighted by atomic mass is 9.96. The van der Waals surface area contributed by atoms with Crippen molar-refractivity contribution >= 4 is 16.7 Å². The molecule has 136 valence electrons. The molecule has 0 saturated carbocycles. The molecule has 0 atom stereocenters. The summed E-state index contributed by atoms with van der Waals surface area (Å²) in [6.07, 6.45) is 1.75. The molecular formula is C21H29NO3. The van der Waals surface area contributed by atoms with Crippen LogP contribution in [0.3, 0.4) is 0 Å². The lowest BCUT2D eigenvalue weighted by Crippen LogP contribution is -2.36. The predicted molar refractivity (Wildman–Crippen MR) is 102 cm³/mol. The third kappa shape index (κ3) is 5.20. The van der Waals surface area contributed by atoms with E-state index in [9.17, 15) is 9.90 Å². The van der Waals surface area contributed by atoms with E-state index < -0.39 is 0 Å². The van der Waals surface area contributed by atoms with Gasteiger partial charge in [-0.2, -0.15) is 0 Å². The molecule has 1 aliphatic heterocycles. The molecule has 1 saturated heterocycles. The molecule has 1 N–H and O–H groups in total. The molecule has 2 aromatic rings. The minimum atomic E-state index is -0.0438. The van der Waals surface area contributed by atoms with E-state index in [1.807, 2.05) is 26.8 Å². The van der Waals surface area contributed by atoms with Crippen LogP contribution in [0.15, 0.2) is 36.4 Å². The highest BCUT2D eigenvalue weighted by atomic mass is 16.5. The second-order valence-corrected chi connectivity index (χ2v) is 6.17. The third-order valence-corrected chi connectivity index (χ3v) is 4.50. The lowest BCUT2D eigenvalue weighted by Gasteiger charge is -2.30. The summed E-state index contributed by atoms with van der Waals surface area (Å²) in [6, 6.07) is 11.8. The molecule has 0 unspecified atom stereocenters. The van der Waals surface area contributed by atoms with Crippen molar-refractivity contribution in [3.8, 4) is 5.75 Å². The summed E-state index contributed by atoms with van der Waals surface area (Å²) in [5.41, 5.74) is 1.26. The normalized spacial score (nSPS) is 15.5. The quantitative estimate of drug-likeness (QED) is 0.839. The first kappa shape index (κ1) is 19.3. The van der Waals surface area contributed by atoms with Gasteiger partial charge < -0.3 is 9.84 Å². The van der Waals surface area contributed by atoms with Crippen LogP contribution >= 0.6 is 0 Å². The summed E-state index contributed by atoms with van der Waals surface area (Å²) >= 11 is 0. The van der Waals surface area contributed by atoms with Crippen molar-refractivity contribution in [2.75, 3.05) is 19.7 Å². The molecule has 1 fully saturated rings. The van der Waals surface area contributed by atoms with Crippen molar-refractivity contribution in [3.63, 3.8) is 0 Å². The number of likely N-dealkylation sites (tertiary alicyclic amines) is 1. The van der Waals surface area contributed by atoms with E-state index >= 15 is 0 Å². The average molecular weight is 343 g/mol. The van der Waals surface area contributed by atoms with Crippen molar-refractivity contribution in [3.05, 3.63) is 42.0 Å². The first-order chi connectivity index (χ1) is 12.2. The Balaban J connectivity index is 0.00000109. The second-order valence-electron chi connectivity index (χ2n) is 6.17. The van der Waals surface area contributed by atoms with Gasteiger partial charge in [0.1, 0.15) is 5.75 Å². The highest BCUT2D eigenvalue weighted by Gasteiger charge is 2.25. The number of aromatic hydroxyl groups is 1. The first-order valence-electron chi connectivity index (χ1n) is 9.26. The van der Waals surface area contributed by atoms with Gasteiger partial charge in [0.15, 0.2) is 0 Å². The minimum absolute atomic E-state index is 0.0438. The molecule has 3 rings (SSSR count). The number of rotatable bonds is 4. The predicted octanol–water partition coefficient (Wildman–Crippen LogP) is 4.35. The number of hydrogen-bond acceptors (Lipinski definition) is 4. The second kappa shape index (κ2) is 9.42. The summed E-state index contributed by atoms with van der Waals surface area (Å²) in [5.74, 6) is 0.315. The maximum atomic E-state index is 11.8. The van der Waals surface area contributed by atoms with Gasteiger partial charge in [-0.1, -0.05) is 32.0 Å². The van der Waals surface area contributed by atoms with Crippen LogP contribution in [0.25, 0.3) is 10.8 Å². The van der Waals surface area contributed by atoms with Crippen LogP contribution in [0.2, 0.25) is 0 Å². The van der Waals surface area contributed by atoms with Crippen LogP contribution in [0, 0.1) is 5.92 Å². The fourth-order valence-electron chi connectivity index (χ4n) is 3.23. The summed E-state index contributed by atoms with van der Waals surface area (Å²) in [7, 11) is 0. The van der Waals surface area contributed by atoms with E-state index in [1.165, 1.54) is 5.56 Å². The third-order valence-electron chi connectivity index (χ3n) is 4.50. The maximum absolute atomic E-state index is 11.8. The van der Waals surface area contributed by atoms with Crippen molar-refractivity contribution in [1.29, 1.82) is 0 Å². The Labute approximate surface area is 150 Å². The minimum Gasteiger partial charge on any atom is -0.508 e. The number of fused-ring (bicyclic) bond motifs is 1. The Morgan fingerprint density at radius 3 is 2.44 bits per heavy atom. The highest BCUT2D eigenvalue weighted by molar-refractivity contribution is 5.84. The molecule has 4 heteroatoms. The van der Waals surface area contributed by atoms with Gasteiger partial charge in [-0.3, -0.25) is 9.69 Å². The molecular weight excluding hydrogens is 314 g/mol. The van der Waals surface area contributed by atoms with E-state index in [-0.39, 0.29) is 11.9 Å². The standard InChI is InChI=1S/C19H23NO3.C2H6/c1-2-23-19(22)15-7-9-20(10-8-15)13-14-3-4-17-12-18(21)6-5-16(17)11-14;1-2/h3-6,11-12,15,21H,2,7-10,13H2,1H3;1-2H3. The number of piperidine rings is 1. The first-order valence-corrected chi connectivity index (χ1v) is 9.26. The topological polar surface area (TPSA) is 49.8 Å². The number of phenols is 1. The van der Waals surface area contributed by atoms with Gasteiger partial charge >= 0.3 is 5.97 Å². The van der Waals surface area contributed by atoms with Gasteiger partial charge in [0.05, 0.1) is 12.5 Å². The van der Waals surface area contributed by atoms with Crippen molar-refractivity contribution in [2.24, 2.45) is 5.92 Å². The Hall–Kier alpha value is -2.07. The van der Waals surface area contributed by atoms with E-state index in [0.29, 0.717) is 12.4 Å². The summed E-state index contributed by atoms with van der Waals surface area (Å²) in [4.78, 5) is 14.2. The number of esters is 1. The number of phenolic OH excluding ortho intramolecular Hbond substituents is 1. The van der Waals surface area contributed by atoms with Gasteiger partial charge in [-0.25, -0.2) is 0 Å². The van der Waals surface area contributed by atoms with Crippen molar-refractivity contribution in [2.45, 2.75) is 40.2 Å². The van der Waals surface area contributed by atoms with Crippen LogP contribution in [-0.4, -0.2) is 35.7 Å². The average Bonchev–Trinajstić information content (AvgIpc) is 2.64. The molecule has 0 amide bonds. The number of ether oxygens (including phenoxy) is 1. The Kier molecular flexibility index (Phi) is 7.26. The molecule has 0 radical (unpaired) electrons. The number of hydrogen-bond donors (Lipinski definition) is 1. The molecule has 0 aliphatic carbocycles. The van der Waals surface area contributed by atoms with E-state index in [2.05, 4.69) is 23.1 Å². The molecule has 0 spiro atoms. The number of benzene rings is 2. The van der Waals surface area contributed by atoms with Gasteiger partial charge in [0.25, 0.3) is 0 Å². The zero-order valence-electron chi connectivity index (χ0n) is 15.5. The van der Waals surface area contributed by atoms with Crippen molar-refractivity contribution < 1.29 is 14.6 Å². The van der Waals surface area contributed by atoms with Crippen LogP contribution in [0.4, 0.5) is 0 Å². The van der Waals surface area contributed by atoms with Gasteiger partial charge in [0.2, 0.25) is 0 Å². The highest BCUT2D eigenvalue weighted by Crippen LogP contribution is 2.24. The fourth-order valence-corrected chi connectivity index (χ4v) is 3.23. The van der Waals surface area contributed by atoms with E-state index in [0.717, 1.165) is 43.2 Å². The molecule has 4 nitrogen and oxygen atoms in total. The van der Waals surface area contributed by atoms with Crippen LogP contribution < -0.4 is 0 Å².